The van der Waals surface area contributed by atoms with E-state index in [2.05, 4.69) is 25.6 Å². The molecule has 0 saturated carbocycles. The second-order valence-electron chi connectivity index (χ2n) is 9.31. The van der Waals surface area contributed by atoms with Gasteiger partial charge in [0, 0.05) is 10.9 Å². The third kappa shape index (κ3) is 5.34. The summed E-state index contributed by atoms with van der Waals surface area (Å²) >= 11 is 1.22. The van der Waals surface area contributed by atoms with Crippen molar-refractivity contribution in [2.24, 2.45) is 0 Å². The molecule has 13 nitrogen and oxygen atoms in total. The van der Waals surface area contributed by atoms with Crippen LogP contribution in [0.4, 0.5) is 0 Å². The van der Waals surface area contributed by atoms with Gasteiger partial charge in [-0.3, -0.25) is 14.4 Å². The summed E-state index contributed by atoms with van der Waals surface area (Å²) < 4.78 is -0.843. The number of amides is 3. The molecule has 4 heterocycles. The van der Waals surface area contributed by atoms with Crippen LogP contribution in [0, 0.1) is 0 Å². The number of aliphatic carboxylic acids is 1. The molecule has 2 unspecified atom stereocenters. The van der Waals surface area contributed by atoms with E-state index in [9.17, 15) is 34.5 Å². The number of carboxylic acid groups (broad SMARTS) is 1. The number of pyridine rings is 1. The second-order valence-corrected chi connectivity index (χ2v) is 11.1. The molecule has 2 aromatic heterocycles. The standard InChI is InChI=1S/C24H22N6O7S.K/c1-24(2)16(23(36)37)30-21(35)15(22(30)38-24)28-18(32)13(10-5-7-11(31)8-6-10)27-19(33)14-20(34)29-17-12(26-14)4-3-9-25-17;/h3-9,13,15-16,22,31H,1-2H3,(H,27,33)(H,28,32)(H,36,37)(H,25,29,34);/q;+1/p-1/t13?,15?,16-,22+;/m0./s1. The summed E-state index contributed by atoms with van der Waals surface area (Å²) in [7, 11) is 0. The maximum atomic E-state index is 13.4. The van der Waals surface area contributed by atoms with Gasteiger partial charge in [-0.2, -0.15) is 4.98 Å². The molecule has 0 bridgehead atoms. The van der Waals surface area contributed by atoms with Gasteiger partial charge in [-0.25, -0.2) is 9.97 Å². The zero-order valence-electron chi connectivity index (χ0n) is 21.0. The molecule has 0 radical (unpaired) electrons. The molecule has 4 N–H and O–H groups in total. The number of phenolic OH excluding ortho intramolecular Hbond substituents is 1. The third-order valence-electron chi connectivity index (χ3n) is 6.36. The van der Waals surface area contributed by atoms with Gasteiger partial charge in [-0.1, -0.05) is 12.1 Å². The van der Waals surface area contributed by atoms with E-state index in [0.29, 0.717) is 0 Å². The fourth-order valence-corrected chi connectivity index (χ4v) is 6.19. The number of aromatic nitrogens is 3. The van der Waals surface area contributed by atoms with Crippen molar-refractivity contribution in [2.45, 2.75) is 42.1 Å². The van der Waals surface area contributed by atoms with Crippen LogP contribution in [-0.2, 0) is 14.4 Å². The molecule has 15 heteroatoms. The Morgan fingerprint density at radius 1 is 1.13 bits per heavy atom. The predicted molar refractivity (Wildman–Crippen MR) is 130 cm³/mol. The van der Waals surface area contributed by atoms with Crippen molar-refractivity contribution in [1.29, 1.82) is 0 Å². The van der Waals surface area contributed by atoms with Crippen LogP contribution in [0.1, 0.15) is 35.9 Å². The first-order valence-electron chi connectivity index (χ1n) is 11.4. The van der Waals surface area contributed by atoms with Crippen LogP contribution >= 0.6 is 11.8 Å². The number of rotatable bonds is 6. The maximum Gasteiger partial charge on any atom is 1.00 e. The molecule has 2 aliphatic rings. The first-order chi connectivity index (χ1) is 18.0. The molecule has 2 aliphatic heterocycles. The van der Waals surface area contributed by atoms with E-state index in [1.165, 1.54) is 47.1 Å². The Labute approximate surface area is 268 Å². The van der Waals surface area contributed by atoms with E-state index in [1.54, 1.807) is 26.0 Å². The number of aromatic hydroxyl groups is 2. The summed E-state index contributed by atoms with van der Waals surface area (Å²) in [5.74, 6) is -4.44. The number of carbonyl (C=O) groups is 4. The van der Waals surface area contributed by atoms with Crippen molar-refractivity contribution >= 4 is 46.6 Å². The number of hydrogen-bond donors (Lipinski definition) is 4. The van der Waals surface area contributed by atoms with Crippen molar-refractivity contribution in [3.05, 3.63) is 53.9 Å². The Bertz CT molecular complexity index is 1490. The number of β-lactam (4-membered cyclic amide) rings is 1. The van der Waals surface area contributed by atoms with Crippen LogP contribution in [-0.4, -0.2) is 76.0 Å². The smallest absolute Gasteiger partial charge is 0.548 e. The van der Waals surface area contributed by atoms with Crippen LogP contribution in [0.2, 0.25) is 0 Å². The van der Waals surface area contributed by atoms with Gasteiger partial charge in [0.15, 0.2) is 11.3 Å². The van der Waals surface area contributed by atoms with Gasteiger partial charge in [0.05, 0.1) is 12.0 Å². The van der Waals surface area contributed by atoms with Gasteiger partial charge in [0.2, 0.25) is 17.7 Å². The fourth-order valence-electron chi connectivity index (χ4n) is 4.57. The molecular weight excluding hydrogens is 555 g/mol. The summed E-state index contributed by atoms with van der Waals surface area (Å²) in [6, 6.07) is 5.01. The first kappa shape index (κ1) is 29.2. The Morgan fingerprint density at radius 2 is 1.82 bits per heavy atom. The molecule has 196 valence electrons. The summed E-state index contributed by atoms with van der Waals surface area (Å²) in [5, 5.41) is 36.1. The average molecular weight is 577 g/mol. The average Bonchev–Trinajstić information content (AvgIpc) is 3.13. The number of carboxylic acids is 1. The Balaban J connectivity index is 0.00000353. The number of hydrogen-bond acceptors (Lipinski definition) is 11. The molecule has 4 atom stereocenters. The van der Waals surface area contributed by atoms with E-state index >= 15 is 0 Å². The number of fused-ring (bicyclic) bond motifs is 2. The molecule has 39 heavy (non-hydrogen) atoms. The second kappa shape index (κ2) is 11.0. The third-order valence-corrected chi connectivity index (χ3v) is 7.93. The molecule has 2 saturated heterocycles. The van der Waals surface area contributed by atoms with E-state index in [0.717, 1.165) is 0 Å². The minimum absolute atomic E-state index is 0. The minimum Gasteiger partial charge on any atom is -0.548 e. The van der Waals surface area contributed by atoms with Gasteiger partial charge in [0.1, 0.15) is 28.7 Å². The number of nitrogens with zero attached hydrogens (tertiary/aromatic N) is 4. The van der Waals surface area contributed by atoms with Crippen molar-refractivity contribution < 1.29 is 85.9 Å². The molecule has 3 aromatic rings. The number of phenols is 1. The van der Waals surface area contributed by atoms with Crippen molar-refractivity contribution in [3.63, 3.8) is 0 Å². The molecular formula is C24H21KN6O7S. The number of benzene rings is 1. The summed E-state index contributed by atoms with van der Waals surface area (Å²) in [5.41, 5.74) is 0.177. The zero-order valence-corrected chi connectivity index (χ0v) is 24.9. The largest absolute Gasteiger partial charge is 1.00 e. The summed E-state index contributed by atoms with van der Waals surface area (Å²) in [4.78, 5) is 64.1. The number of thioether (sulfide) groups is 1. The first-order valence-corrected chi connectivity index (χ1v) is 12.3. The molecule has 1 aromatic carbocycles. The molecule has 5 rings (SSSR count). The maximum absolute atomic E-state index is 13.4. The molecule has 0 aliphatic carbocycles. The number of nitrogens with one attached hydrogen (secondary N) is 2. The van der Waals surface area contributed by atoms with Crippen LogP contribution in [0.3, 0.4) is 0 Å². The summed E-state index contributed by atoms with van der Waals surface area (Å²) in [6.07, 6.45) is 1.45. The van der Waals surface area contributed by atoms with E-state index in [4.69, 9.17) is 0 Å². The normalized spacial score (nSPS) is 21.7. The zero-order chi connectivity index (χ0) is 27.4. The van der Waals surface area contributed by atoms with Crippen LogP contribution in [0.5, 0.6) is 11.6 Å². The summed E-state index contributed by atoms with van der Waals surface area (Å²) in [6.45, 7) is 3.35. The van der Waals surface area contributed by atoms with Crippen molar-refractivity contribution in [1.82, 2.24) is 30.5 Å². The Kier molecular flexibility index (Phi) is 8.21. The quantitative estimate of drug-likeness (QED) is 0.166. The Morgan fingerprint density at radius 3 is 2.49 bits per heavy atom. The monoisotopic (exact) mass is 576 g/mol. The van der Waals surface area contributed by atoms with Crippen molar-refractivity contribution in [3.8, 4) is 11.6 Å². The molecule has 2 fully saturated rings. The van der Waals surface area contributed by atoms with E-state index in [-0.39, 0.29) is 73.9 Å². The van der Waals surface area contributed by atoms with E-state index in [1.807, 2.05) is 0 Å². The Hall–Kier alpha value is -2.82. The van der Waals surface area contributed by atoms with Crippen LogP contribution in [0.25, 0.3) is 11.2 Å². The minimum atomic E-state index is -1.39. The van der Waals surface area contributed by atoms with Crippen LogP contribution in [0.15, 0.2) is 42.6 Å². The SMILES string of the molecule is CC1(C)S[C@@H]2C(NC(=O)C(NC(=O)c3nc4cccnc4nc3O)c3ccc(O)cc3)C(=O)N2[C@H]1C(=O)[O-].[K+]. The van der Waals surface area contributed by atoms with Crippen LogP contribution < -0.4 is 67.1 Å². The topological polar surface area (TPSA) is 198 Å². The predicted octanol–water partition coefficient (Wildman–Crippen LogP) is -3.79. The van der Waals surface area contributed by atoms with Gasteiger partial charge in [-0.15, -0.1) is 11.8 Å². The van der Waals surface area contributed by atoms with Gasteiger partial charge in [0.25, 0.3) is 5.91 Å². The van der Waals surface area contributed by atoms with Gasteiger partial charge < -0.3 is 35.6 Å². The van der Waals surface area contributed by atoms with Gasteiger partial charge >= 0.3 is 51.4 Å². The number of carbonyl (C=O) groups excluding carboxylic acids is 4. The van der Waals surface area contributed by atoms with Gasteiger partial charge in [-0.05, 0) is 43.7 Å². The molecule has 3 amide bonds. The fraction of sp³-hybridized carbons (Fsp3) is 0.292. The van der Waals surface area contributed by atoms with E-state index < -0.39 is 63.5 Å². The van der Waals surface area contributed by atoms with Crippen molar-refractivity contribution in [2.75, 3.05) is 0 Å². The molecule has 0 spiro atoms.